The third kappa shape index (κ3) is 7.27. The first-order valence-electron chi connectivity index (χ1n) is 4.40. The molecule has 0 radical (unpaired) electrons. The van der Waals surface area contributed by atoms with Crippen molar-refractivity contribution < 1.29 is 36.3 Å². The van der Waals surface area contributed by atoms with E-state index in [1.54, 1.807) is 30.3 Å². The fourth-order valence-corrected chi connectivity index (χ4v) is 2.31. The van der Waals surface area contributed by atoms with Crippen molar-refractivity contribution in [3.05, 3.63) is 35.9 Å². The van der Waals surface area contributed by atoms with E-state index in [2.05, 4.69) is 12.5 Å². The van der Waals surface area contributed by atoms with Gasteiger partial charge in [0, 0.05) is 0 Å². The molecular formula is C7H10O8P2S. The highest BCUT2D eigenvalue weighted by atomic mass is 32.2. The van der Waals surface area contributed by atoms with Gasteiger partial charge in [0.1, 0.15) is 0 Å². The quantitative estimate of drug-likeness (QED) is 0.512. The molecule has 1 rings (SSSR count). The van der Waals surface area contributed by atoms with Crippen LogP contribution in [-0.2, 0) is 28.2 Å². The van der Waals surface area contributed by atoms with Crippen molar-refractivity contribution in [2.75, 3.05) is 0 Å². The van der Waals surface area contributed by atoms with Gasteiger partial charge in [0.2, 0.25) is 0 Å². The van der Waals surface area contributed by atoms with Gasteiger partial charge in [0.05, 0.1) is 6.61 Å². The minimum Gasteiger partial charge on any atom is -0.302 e. The van der Waals surface area contributed by atoms with Crippen molar-refractivity contribution in [1.29, 1.82) is 0 Å². The van der Waals surface area contributed by atoms with Crippen LogP contribution in [0.25, 0.3) is 0 Å². The van der Waals surface area contributed by atoms with Crippen LogP contribution in [0.3, 0.4) is 0 Å². The molecule has 0 saturated heterocycles. The van der Waals surface area contributed by atoms with Crippen molar-refractivity contribution in [2.24, 2.45) is 0 Å². The number of hydrogen-bond donors (Lipinski definition) is 3. The maximum absolute atomic E-state index is 11.2. The average molecular weight is 316 g/mol. The molecule has 18 heavy (non-hydrogen) atoms. The fourth-order valence-electron chi connectivity index (χ4n) is 0.844. The lowest BCUT2D eigenvalue weighted by Crippen LogP contribution is -1.92. The highest BCUT2D eigenvalue weighted by Crippen LogP contribution is 2.52. The second kappa shape index (κ2) is 6.81. The number of benzene rings is 1. The van der Waals surface area contributed by atoms with Gasteiger partial charge >= 0.3 is 15.6 Å². The van der Waals surface area contributed by atoms with E-state index in [0.29, 0.717) is 5.56 Å². The van der Waals surface area contributed by atoms with E-state index < -0.39 is 15.6 Å². The summed E-state index contributed by atoms with van der Waals surface area (Å²) in [5.41, 5.74) is 0.635. The Morgan fingerprint density at radius 3 is 2.22 bits per heavy atom. The normalized spacial score (nSPS) is 15.3. The zero-order valence-electron chi connectivity index (χ0n) is 8.78. The van der Waals surface area contributed by atoms with Gasteiger partial charge in [-0.05, 0) is 5.56 Å². The lowest BCUT2D eigenvalue weighted by atomic mass is 10.2. The first-order chi connectivity index (χ1) is 8.29. The Balaban J connectivity index is 2.36. The third-order valence-electron chi connectivity index (χ3n) is 1.49. The molecule has 1 atom stereocenters. The Bertz CT molecular complexity index is 460. The Morgan fingerprint density at radius 1 is 1.06 bits per heavy atom. The summed E-state index contributed by atoms with van der Waals surface area (Å²) >= 11 is -0.299. The summed E-state index contributed by atoms with van der Waals surface area (Å²) in [6.45, 7) is -0.189. The summed E-state index contributed by atoms with van der Waals surface area (Å²) < 4.78 is 33.9. The van der Waals surface area contributed by atoms with Crippen LogP contribution in [0.5, 0.6) is 0 Å². The summed E-state index contributed by atoms with van der Waals surface area (Å²) in [6.07, 6.45) is 0. The molecule has 1 unspecified atom stereocenters. The van der Waals surface area contributed by atoms with Crippen molar-refractivity contribution >= 4 is 28.0 Å². The van der Waals surface area contributed by atoms with Gasteiger partial charge in [-0.25, -0.2) is 9.13 Å². The van der Waals surface area contributed by atoms with Crippen molar-refractivity contribution in [3.8, 4) is 0 Å². The molecule has 0 fully saturated rings. The predicted molar refractivity (Wildman–Crippen MR) is 62.9 cm³/mol. The molecular weight excluding hydrogens is 306 g/mol. The van der Waals surface area contributed by atoms with E-state index in [4.69, 9.17) is 14.7 Å². The molecule has 8 nitrogen and oxygen atoms in total. The van der Waals surface area contributed by atoms with Crippen LogP contribution in [0.4, 0.5) is 0 Å². The van der Waals surface area contributed by atoms with Crippen molar-refractivity contribution in [2.45, 2.75) is 6.61 Å². The van der Waals surface area contributed by atoms with Gasteiger partial charge in [-0.1, -0.05) is 30.3 Å². The third-order valence-corrected chi connectivity index (χ3v) is 3.96. The summed E-state index contributed by atoms with van der Waals surface area (Å²) in [4.78, 5) is 25.7. The minimum atomic E-state index is -4.78. The van der Waals surface area contributed by atoms with Gasteiger partial charge in [-0.3, -0.25) is 4.52 Å². The molecule has 0 spiro atoms. The van der Waals surface area contributed by atoms with Crippen molar-refractivity contribution in [3.63, 3.8) is 0 Å². The zero-order chi connectivity index (χ0) is 13.6. The van der Waals surface area contributed by atoms with Gasteiger partial charge in [0.25, 0.3) is 0 Å². The van der Waals surface area contributed by atoms with E-state index in [-0.39, 0.29) is 18.9 Å². The average Bonchev–Trinajstić information content (AvgIpc) is 2.26. The van der Waals surface area contributed by atoms with Gasteiger partial charge in [0.15, 0.2) is 12.3 Å². The molecule has 3 N–H and O–H groups in total. The summed E-state index contributed by atoms with van der Waals surface area (Å²) in [5.74, 6) is 0. The largest absolute Gasteiger partial charge is 0.485 e. The topological polar surface area (TPSA) is 123 Å². The number of phosphoric acid groups is 2. The monoisotopic (exact) mass is 316 g/mol. The van der Waals surface area contributed by atoms with Gasteiger partial charge in [-0.15, -0.1) is 0 Å². The Labute approximate surface area is 107 Å². The summed E-state index contributed by atoms with van der Waals surface area (Å²) in [6, 6.07) is 8.53. The second-order valence-electron chi connectivity index (χ2n) is 2.94. The zero-order valence-corrected chi connectivity index (χ0v) is 11.4. The maximum Gasteiger partial charge on any atom is 0.485 e. The number of phosphoric ester groups is 1. The molecule has 0 bridgehead atoms. The highest BCUT2D eigenvalue weighted by molar-refractivity contribution is 7.96. The molecule has 1 aromatic rings. The fraction of sp³-hybridized carbons (Fsp3) is 0.143. The SMILES string of the molecule is O=P(O)(O)OSOP(=O)(O)OCc1ccccc1. The number of hydrogen-bond acceptors (Lipinski definition) is 6. The van der Waals surface area contributed by atoms with Gasteiger partial charge < -0.3 is 14.7 Å². The molecule has 0 aromatic heterocycles. The first-order valence-corrected chi connectivity index (χ1v) is 8.09. The van der Waals surface area contributed by atoms with E-state index in [1.807, 2.05) is 0 Å². The molecule has 0 aliphatic rings. The molecule has 102 valence electrons. The maximum atomic E-state index is 11.2. The Kier molecular flexibility index (Phi) is 6.00. The second-order valence-corrected chi connectivity index (χ2v) is 6.44. The van der Waals surface area contributed by atoms with Crippen LogP contribution >= 0.6 is 28.0 Å². The minimum absolute atomic E-state index is 0.189. The van der Waals surface area contributed by atoms with Crippen LogP contribution in [-0.4, -0.2) is 14.7 Å². The Hall–Kier alpha value is -0.210. The van der Waals surface area contributed by atoms with Crippen LogP contribution in [0.15, 0.2) is 30.3 Å². The number of rotatable bonds is 7. The van der Waals surface area contributed by atoms with Crippen LogP contribution < -0.4 is 0 Å². The van der Waals surface area contributed by atoms with E-state index in [1.165, 1.54) is 0 Å². The van der Waals surface area contributed by atoms with E-state index >= 15 is 0 Å². The van der Waals surface area contributed by atoms with E-state index in [9.17, 15) is 9.13 Å². The molecule has 11 heteroatoms. The summed E-state index contributed by atoms with van der Waals surface area (Å²) in [5, 5.41) is 0. The van der Waals surface area contributed by atoms with Crippen molar-refractivity contribution in [1.82, 2.24) is 0 Å². The predicted octanol–water partition coefficient (Wildman–Crippen LogP) is 1.99. The summed E-state index contributed by atoms with van der Waals surface area (Å²) in [7, 11) is -9.23. The van der Waals surface area contributed by atoms with Crippen LogP contribution in [0.2, 0.25) is 0 Å². The lowest BCUT2D eigenvalue weighted by molar-refractivity contribution is 0.199. The highest BCUT2D eigenvalue weighted by Gasteiger charge is 2.25. The molecule has 0 aliphatic heterocycles. The van der Waals surface area contributed by atoms with Gasteiger partial charge in [-0.2, -0.15) is 7.94 Å². The van der Waals surface area contributed by atoms with Crippen LogP contribution in [0.1, 0.15) is 5.56 Å². The smallest absolute Gasteiger partial charge is 0.302 e. The molecule has 1 aromatic carbocycles. The Morgan fingerprint density at radius 2 is 1.67 bits per heavy atom. The van der Waals surface area contributed by atoms with E-state index in [0.717, 1.165) is 0 Å². The van der Waals surface area contributed by atoms with Crippen LogP contribution in [0, 0.1) is 0 Å². The molecule has 0 amide bonds. The lowest BCUT2D eigenvalue weighted by Gasteiger charge is -2.10. The standard InChI is InChI=1S/C7H10O8P2S/c8-16(9,10)14-18-15-17(11,12)13-6-7-4-2-1-3-5-7/h1-5H,6H2,(H,11,12)(H2,8,9,10). The molecule has 0 heterocycles. The first kappa shape index (κ1) is 15.8. The molecule has 0 saturated carbocycles. The molecule has 0 aliphatic carbocycles.